The lowest BCUT2D eigenvalue weighted by molar-refractivity contribution is -0.141. The van der Waals surface area contributed by atoms with Crippen molar-refractivity contribution in [2.24, 2.45) is 0 Å². The van der Waals surface area contributed by atoms with Crippen LogP contribution in [-0.4, -0.2) is 23.4 Å². The Morgan fingerprint density at radius 3 is 2.48 bits per heavy atom. The van der Waals surface area contributed by atoms with Crippen molar-refractivity contribution in [3.8, 4) is 0 Å². The second-order valence-corrected chi connectivity index (χ2v) is 7.05. The van der Waals surface area contributed by atoms with E-state index < -0.39 is 44.6 Å². The van der Waals surface area contributed by atoms with Gasteiger partial charge in [-0.3, -0.25) is 4.79 Å². The number of rotatable bonds is 4. The zero-order valence-corrected chi connectivity index (χ0v) is 12.8. The molecule has 0 fully saturated rings. The molecule has 0 bridgehead atoms. The van der Waals surface area contributed by atoms with Crippen LogP contribution in [-0.2, 0) is 27.5 Å². The molecule has 0 saturated carbocycles. The first-order valence-corrected chi connectivity index (χ1v) is 8.23. The largest absolute Gasteiger partial charge is 0.433 e. The molecular formula is C12H9ClF3N3O3S. The SMILES string of the molecule is O=c1cc(C(F)(F)F)nc(CS(=O)(=O)Cc2ccc(Cl)nc2)[nH]1. The molecule has 0 aliphatic carbocycles. The Morgan fingerprint density at radius 1 is 1.22 bits per heavy atom. The van der Waals surface area contributed by atoms with Crippen molar-refractivity contribution in [3.63, 3.8) is 0 Å². The van der Waals surface area contributed by atoms with Gasteiger partial charge in [0.15, 0.2) is 15.5 Å². The third kappa shape index (κ3) is 5.03. The Balaban J connectivity index is 2.25. The fraction of sp³-hybridized carbons (Fsp3) is 0.250. The van der Waals surface area contributed by atoms with Crippen LogP contribution < -0.4 is 5.56 Å². The minimum Gasteiger partial charge on any atom is -0.310 e. The molecular weight excluding hydrogens is 359 g/mol. The summed E-state index contributed by atoms with van der Waals surface area (Å²) in [6, 6.07) is 3.07. The molecule has 2 heterocycles. The minimum absolute atomic E-state index is 0.176. The molecule has 6 nitrogen and oxygen atoms in total. The van der Waals surface area contributed by atoms with Gasteiger partial charge in [0, 0.05) is 12.3 Å². The number of aromatic nitrogens is 3. The highest BCUT2D eigenvalue weighted by molar-refractivity contribution is 7.89. The summed E-state index contributed by atoms with van der Waals surface area (Å²) in [5, 5.41) is 0.176. The van der Waals surface area contributed by atoms with Crippen molar-refractivity contribution in [2.45, 2.75) is 17.7 Å². The highest BCUT2D eigenvalue weighted by atomic mass is 35.5. The van der Waals surface area contributed by atoms with Crippen molar-refractivity contribution < 1.29 is 21.6 Å². The molecule has 0 atom stereocenters. The summed E-state index contributed by atoms with van der Waals surface area (Å²) in [5.74, 6) is -1.89. The molecule has 0 aliphatic heterocycles. The average molecular weight is 368 g/mol. The molecule has 0 saturated heterocycles. The zero-order chi connectivity index (χ0) is 17.3. The maximum absolute atomic E-state index is 12.6. The normalized spacial score (nSPS) is 12.3. The number of alkyl halides is 3. The molecule has 2 rings (SSSR count). The number of pyridine rings is 1. The maximum atomic E-state index is 12.6. The lowest BCUT2D eigenvalue weighted by Crippen LogP contribution is -2.20. The van der Waals surface area contributed by atoms with Crippen LogP contribution in [0.25, 0.3) is 0 Å². The lowest BCUT2D eigenvalue weighted by Gasteiger charge is -2.08. The fourth-order valence-corrected chi connectivity index (χ4v) is 3.17. The van der Waals surface area contributed by atoms with Gasteiger partial charge in [0.05, 0.1) is 5.75 Å². The number of halogens is 4. The van der Waals surface area contributed by atoms with E-state index in [1.165, 1.54) is 18.3 Å². The Labute approximate surface area is 133 Å². The molecule has 11 heteroatoms. The Hall–Kier alpha value is -1.94. The van der Waals surface area contributed by atoms with Gasteiger partial charge in [0.1, 0.15) is 16.7 Å². The summed E-state index contributed by atoms with van der Waals surface area (Å²) in [6.07, 6.45) is -3.60. The Morgan fingerprint density at radius 2 is 1.91 bits per heavy atom. The number of sulfone groups is 1. The van der Waals surface area contributed by atoms with E-state index in [0.29, 0.717) is 5.56 Å². The summed E-state index contributed by atoms with van der Waals surface area (Å²) >= 11 is 5.57. The third-order valence-corrected chi connectivity index (χ3v) is 4.32. The summed E-state index contributed by atoms with van der Waals surface area (Å²) < 4.78 is 61.8. The van der Waals surface area contributed by atoms with Gasteiger partial charge in [-0.1, -0.05) is 17.7 Å². The molecule has 2 aromatic rings. The Bertz CT molecular complexity index is 864. The number of nitrogens with one attached hydrogen (secondary N) is 1. The van der Waals surface area contributed by atoms with Gasteiger partial charge in [-0.25, -0.2) is 18.4 Å². The van der Waals surface area contributed by atoms with Gasteiger partial charge in [-0.15, -0.1) is 0 Å². The number of nitrogens with zero attached hydrogens (tertiary/aromatic N) is 2. The monoisotopic (exact) mass is 367 g/mol. The number of hydrogen-bond donors (Lipinski definition) is 1. The average Bonchev–Trinajstić information content (AvgIpc) is 2.39. The molecule has 0 unspecified atom stereocenters. The molecule has 124 valence electrons. The smallest absolute Gasteiger partial charge is 0.310 e. The van der Waals surface area contributed by atoms with Gasteiger partial charge in [0.25, 0.3) is 5.56 Å². The van der Waals surface area contributed by atoms with E-state index in [-0.39, 0.29) is 11.2 Å². The van der Waals surface area contributed by atoms with E-state index in [1.54, 1.807) is 0 Å². The molecule has 23 heavy (non-hydrogen) atoms. The first-order valence-electron chi connectivity index (χ1n) is 6.03. The van der Waals surface area contributed by atoms with Gasteiger partial charge in [0.2, 0.25) is 0 Å². The van der Waals surface area contributed by atoms with Crippen LogP contribution in [0.4, 0.5) is 13.2 Å². The topological polar surface area (TPSA) is 92.8 Å². The third-order valence-electron chi connectivity index (χ3n) is 2.61. The quantitative estimate of drug-likeness (QED) is 0.834. The van der Waals surface area contributed by atoms with Crippen molar-refractivity contribution in [1.29, 1.82) is 0 Å². The first kappa shape index (κ1) is 17.4. The number of hydrogen-bond acceptors (Lipinski definition) is 5. The van der Waals surface area contributed by atoms with E-state index in [9.17, 15) is 26.4 Å². The van der Waals surface area contributed by atoms with Crippen molar-refractivity contribution in [3.05, 3.63) is 57.0 Å². The predicted molar refractivity (Wildman–Crippen MR) is 75.4 cm³/mol. The molecule has 1 N–H and O–H groups in total. The molecule has 0 aliphatic rings. The van der Waals surface area contributed by atoms with Crippen LogP contribution in [0, 0.1) is 0 Å². The van der Waals surface area contributed by atoms with Gasteiger partial charge in [-0.2, -0.15) is 13.2 Å². The number of H-pyrrole nitrogens is 1. The molecule has 2 aromatic heterocycles. The van der Waals surface area contributed by atoms with Gasteiger partial charge < -0.3 is 4.98 Å². The number of aromatic amines is 1. The van der Waals surface area contributed by atoms with Crippen LogP contribution in [0.1, 0.15) is 17.1 Å². The van der Waals surface area contributed by atoms with E-state index in [0.717, 1.165) is 0 Å². The maximum Gasteiger partial charge on any atom is 0.433 e. The van der Waals surface area contributed by atoms with Crippen molar-refractivity contribution >= 4 is 21.4 Å². The van der Waals surface area contributed by atoms with Crippen molar-refractivity contribution in [1.82, 2.24) is 15.0 Å². The highest BCUT2D eigenvalue weighted by Crippen LogP contribution is 2.26. The summed E-state index contributed by atoms with van der Waals surface area (Å²) in [5.41, 5.74) is -2.21. The zero-order valence-electron chi connectivity index (χ0n) is 11.3. The standard InChI is InChI=1S/C12H9ClF3N3O3S/c13-9-2-1-7(4-17-9)5-23(21,22)6-10-18-8(12(14,15)16)3-11(20)19-10/h1-4H,5-6H2,(H,18,19,20). The van der Waals surface area contributed by atoms with Crippen LogP contribution in [0.15, 0.2) is 29.2 Å². The van der Waals surface area contributed by atoms with Crippen molar-refractivity contribution in [2.75, 3.05) is 0 Å². The lowest BCUT2D eigenvalue weighted by atomic mass is 10.3. The van der Waals surface area contributed by atoms with Crippen LogP contribution in [0.3, 0.4) is 0 Å². The molecule has 0 spiro atoms. The van der Waals surface area contributed by atoms with E-state index in [4.69, 9.17) is 11.6 Å². The van der Waals surface area contributed by atoms with E-state index in [2.05, 4.69) is 9.97 Å². The minimum atomic E-state index is -4.84. The van der Waals surface area contributed by atoms with Gasteiger partial charge in [-0.05, 0) is 11.6 Å². The van der Waals surface area contributed by atoms with E-state index in [1.807, 2.05) is 4.98 Å². The summed E-state index contributed by atoms with van der Waals surface area (Å²) in [4.78, 5) is 20.1. The molecule has 0 amide bonds. The van der Waals surface area contributed by atoms with Crippen LogP contribution in [0.2, 0.25) is 5.15 Å². The highest BCUT2D eigenvalue weighted by Gasteiger charge is 2.33. The van der Waals surface area contributed by atoms with Crippen LogP contribution in [0.5, 0.6) is 0 Å². The molecule has 0 aromatic carbocycles. The predicted octanol–water partition coefficient (Wildman–Crippen LogP) is 1.95. The van der Waals surface area contributed by atoms with Gasteiger partial charge >= 0.3 is 6.18 Å². The summed E-state index contributed by atoms with van der Waals surface area (Å²) in [6.45, 7) is 0. The first-order chi connectivity index (χ1) is 10.5. The van der Waals surface area contributed by atoms with Crippen LogP contribution >= 0.6 is 11.6 Å². The fourth-order valence-electron chi connectivity index (χ4n) is 1.73. The Kier molecular flexibility index (Phi) is 4.76. The second kappa shape index (κ2) is 6.28. The molecule has 0 radical (unpaired) electrons. The van der Waals surface area contributed by atoms with E-state index >= 15 is 0 Å². The second-order valence-electron chi connectivity index (χ2n) is 4.60. The summed E-state index contributed by atoms with van der Waals surface area (Å²) in [7, 11) is -3.86.